The van der Waals surface area contributed by atoms with Crippen LogP contribution in [0.1, 0.15) is 74.8 Å². The Morgan fingerprint density at radius 2 is 1.65 bits per heavy atom. The number of rotatable bonds is 7. The zero-order valence-electron chi connectivity index (χ0n) is 25.0. The van der Waals surface area contributed by atoms with E-state index in [9.17, 15) is 14.4 Å². The number of hydrogen-bond acceptors (Lipinski definition) is 5. The van der Waals surface area contributed by atoms with Crippen molar-refractivity contribution in [2.45, 2.75) is 70.7 Å². The van der Waals surface area contributed by atoms with Crippen LogP contribution >= 0.6 is 11.6 Å². The number of halogens is 1. The van der Waals surface area contributed by atoms with E-state index in [0.717, 1.165) is 33.4 Å². The molecule has 2 atom stereocenters. The van der Waals surface area contributed by atoms with E-state index in [0.29, 0.717) is 24.4 Å². The lowest BCUT2D eigenvalue weighted by Crippen LogP contribution is -2.47. The third kappa shape index (κ3) is 6.96. The molecule has 1 aliphatic heterocycles. The van der Waals surface area contributed by atoms with E-state index < -0.39 is 29.9 Å². The van der Waals surface area contributed by atoms with Gasteiger partial charge in [-0.3, -0.25) is 9.69 Å². The third-order valence-corrected chi connectivity index (χ3v) is 8.12. The first-order valence-electron chi connectivity index (χ1n) is 14.7. The topological polar surface area (TPSA) is 97.0 Å². The van der Waals surface area contributed by atoms with Crippen LogP contribution in [0.3, 0.4) is 0 Å². The Morgan fingerprint density at radius 3 is 2.30 bits per heavy atom. The van der Waals surface area contributed by atoms with Crippen molar-refractivity contribution in [3.05, 3.63) is 94.0 Å². The Hall–Kier alpha value is -4.04. The largest absolute Gasteiger partial charge is 0.448 e. The molecule has 3 amide bonds. The molecule has 2 aliphatic rings. The number of alkyl carbamates (subject to hydrolysis) is 1. The highest BCUT2D eigenvalue weighted by Crippen LogP contribution is 2.44. The SMILES string of the molecule is CC(NC(=O)[C@@H]1CCCN1C(=O)OCC1c2ccccc2-c2ccccc21)c1cc(Cl)ccc1CNC(=O)OC(C)(C)C. The highest BCUT2D eigenvalue weighted by molar-refractivity contribution is 6.30. The van der Waals surface area contributed by atoms with Crippen LogP contribution < -0.4 is 10.6 Å². The fourth-order valence-corrected chi connectivity index (χ4v) is 6.11. The lowest BCUT2D eigenvalue weighted by Gasteiger charge is -2.26. The fourth-order valence-electron chi connectivity index (χ4n) is 5.93. The number of ether oxygens (including phenoxy) is 2. The van der Waals surface area contributed by atoms with Crippen LogP contribution in [-0.2, 0) is 20.8 Å². The van der Waals surface area contributed by atoms with Crippen molar-refractivity contribution in [3.8, 4) is 11.1 Å². The number of likely N-dealkylation sites (tertiary alicyclic amines) is 1. The first-order valence-corrected chi connectivity index (χ1v) is 15.1. The summed E-state index contributed by atoms with van der Waals surface area (Å²) in [5.41, 5.74) is 5.54. The minimum Gasteiger partial charge on any atom is -0.448 e. The summed E-state index contributed by atoms with van der Waals surface area (Å²) in [4.78, 5) is 40.5. The van der Waals surface area contributed by atoms with Crippen LogP contribution in [0.15, 0.2) is 66.7 Å². The van der Waals surface area contributed by atoms with Gasteiger partial charge in [-0.2, -0.15) is 0 Å². The summed E-state index contributed by atoms with van der Waals surface area (Å²) >= 11 is 6.30. The maximum atomic E-state index is 13.5. The van der Waals surface area contributed by atoms with Gasteiger partial charge in [-0.15, -0.1) is 0 Å². The third-order valence-electron chi connectivity index (χ3n) is 7.88. The quantitative estimate of drug-likeness (QED) is 0.304. The lowest BCUT2D eigenvalue weighted by atomic mass is 9.98. The van der Waals surface area contributed by atoms with Crippen molar-refractivity contribution in [1.82, 2.24) is 15.5 Å². The molecule has 8 nitrogen and oxygen atoms in total. The van der Waals surface area contributed by atoms with Crippen LogP contribution in [0.2, 0.25) is 5.02 Å². The van der Waals surface area contributed by atoms with Crippen LogP contribution in [0.5, 0.6) is 0 Å². The predicted octanol–water partition coefficient (Wildman–Crippen LogP) is 6.96. The van der Waals surface area contributed by atoms with Crippen LogP contribution in [-0.4, -0.2) is 47.8 Å². The van der Waals surface area contributed by atoms with E-state index in [1.165, 1.54) is 4.90 Å². The lowest BCUT2D eigenvalue weighted by molar-refractivity contribution is -0.125. The van der Waals surface area contributed by atoms with Gasteiger partial charge in [-0.25, -0.2) is 9.59 Å². The fraction of sp³-hybridized carbons (Fsp3) is 0.382. The molecule has 0 radical (unpaired) electrons. The molecule has 0 saturated carbocycles. The number of hydrogen-bond donors (Lipinski definition) is 2. The van der Waals surface area contributed by atoms with Crippen LogP contribution in [0.4, 0.5) is 9.59 Å². The predicted molar refractivity (Wildman–Crippen MR) is 166 cm³/mol. The van der Waals surface area contributed by atoms with E-state index in [1.807, 2.05) is 37.3 Å². The second-order valence-electron chi connectivity index (χ2n) is 12.1. The number of benzene rings is 3. The molecule has 1 saturated heterocycles. The van der Waals surface area contributed by atoms with Gasteiger partial charge in [-0.05, 0) is 86.1 Å². The average Bonchev–Trinajstić information content (AvgIpc) is 3.58. The van der Waals surface area contributed by atoms with Gasteiger partial charge in [0.1, 0.15) is 18.2 Å². The van der Waals surface area contributed by atoms with Gasteiger partial charge in [0, 0.05) is 24.0 Å². The minimum atomic E-state index is -0.638. The zero-order valence-corrected chi connectivity index (χ0v) is 25.7. The first kappa shape index (κ1) is 30.4. The van der Waals surface area contributed by atoms with E-state index in [-0.39, 0.29) is 25.0 Å². The molecule has 5 rings (SSSR count). The van der Waals surface area contributed by atoms with Crippen LogP contribution in [0.25, 0.3) is 11.1 Å². The van der Waals surface area contributed by atoms with E-state index in [4.69, 9.17) is 21.1 Å². The highest BCUT2D eigenvalue weighted by Gasteiger charge is 2.37. The molecule has 3 aromatic rings. The molecule has 43 heavy (non-hydrogen) atoms. The number of nitrogens with zero attached hydrogens (tertiary/aromatic N) is 1. The molecule has 3 aromatic carbocycles. The second kappa shape index (κ2) is 12.7. The molecule has 9 heteroatoms. The molecule has 2 N–H and O–H groups in total. The van der Waals surface area contributed by atoms with Gasteiger partial charge in [0.15, 0.2) is 0 Å². The summed E-state index contributed by atoms with van der Waals surface area (Å²) in [6, 6.07) is 20.6. The van der Waals surface area contributed by atoms with Crippen molar-refractivity contribution < 1.29 is 23.9 Å². The van der Waals surface area contributed by atoms with Crippen LogP contribution in [0, 0.1) is 0 Å². The summed E-state index contributed by atoms with van der Waals surface area (Å²) < 4.78 is 11.2. The standard InChI is InChI=1S/C34H38ClN3O5/c1-21(28-18-23(35)16-15-22(28)19-36-32(40)43-34(2,3)4)37-31(39)30-14-9-17-38(30)33(41)42-20-29-26-12-7-5-10-24(26)25-11-6-8-13-27(25)29/h5-8,10-13,15-16,18,21,29-30H,9,14,17,19-20H2,1-4H3,(H,36,40)(H,37,39)/t21?,30-/m0/s1. The normalized spacial score (nSPS) is 16.7. The first-order chi connectivity index (χ1) is 20.5. The number of carbonyl (C=O) groups is 3. The molecule has 0 bridgehead atoms. The number of amides is 3. The van der Waals surface area contributed by atoms with E-state index in [1.54, 1.807) is 32.9 Å². The Morgan fingerprint density at radius 1 is 1.00 bits per heavy atom. The van der Waals surface area contributed by atoms with Gasteiger partial charge >= 0.3 is 12.2 Å². The molecule has 0 aromatic heterocycles. The second-order valence-corrected chi connectivity index (χ2v) is 12.5. The summed E-state index contributed by atoms with van der Waals surface area (Å²) in [5.74, 6) is -0.314. The molecule has 1 unspecified atom stereocenters. The van der Waals surface area contributed by atoms with E-state index >= 15 is 0 Å². The zero-order chi connectivity index (χ0) is 30.7. The monoisotopic (exact) mass is 603 g/mol. The molecule has 226 valence electrons. The van der Waals surface area contributed by atoms with E-state index in [2.05, 4.69) is 34.9 Å². The number of carbonyl (C=O) groups excluding carboxylic acids is 3. The summed E-state index contributed by atoms with van der Waals surface area (Å²) in [6.45, 7) is 8.10. The van der Waals surface area contributed by atoms with Crippen molar-refractivity contribution >= 4 is 29.7 Å². The molecular formula is C34H38ClN3O5. The molecule has 1 aliphatic carbocycles. The maximum Gasteiger partial charge on any atom is 0.410 e. The average molecular weight is 604 g/mol. The molecular weight excluding hydrogens is 566 g/mol. The van der Waals surface area contributed by atoms with Crippen molar-refractivity contribution in [3.63, 3.8) is 0 Å². The minimum absolute atomic E-state index is 0.0539. The Kier molecular flexibility index (Phi) is 8.97. The van der Waals surface area contributed by atoms with Crippen molar-refractivity contribution in [2.24, 2.45) is 0 Å². The number of nitrogens with one attached hydrogen (secondary N) is 2. The van der Waals surface area contributed by atoms with Crippen molar-refractivity contribution in [2.75, 3.05) is 13.2 Å². The van der Waals surface area contributed by atoms with Gasteiger partial charge in [-0.1, -0.05) is 66.2 Å². The summed E-state index contributed by atoms with van der Waals surface area (Å²) in [7, 11) is 0. The number of fused-ring (bicyclic) bond motifs is 3. The van der Waals surface area contributed by atoms with Gasteiger partial charge in [0.25, 0.3) is 0 Å². The van der Waals surface area contributed by atoms with Gasteiger partial charge < -0.3 is 20.1 Å². The van der Waals surface area contributed by atoms with Gasteiger partial charge in [0.2, 0.25) is 5.91 Å². The Balaban J connectivity index is 1.22. The smallest absolute Gasteiger partial charge is 0.410 e. The summed E-state index contributed by atoms with van der Waals surface area (Å²) in [6.07, 6.45) is 0.233. The Labute approximate surface area is 257 Å². The van der Waals surface area contributed by atoms with Gasteiger partial charge in [0.05, 0.1) is 6.04 Å². The maximum absolute atomic E-state index is 13.5. The summed E-state index contributed by atoms with van der Waals surface area (Å²) in [5, 5.41) is 6.32. The molecule has 1 heterocycles. The highest BCUT2D eigenvalue weighted by atomic mass is 35.5. The Bertz CT molecular complexity index is 1470. The molecule has 0 spiro atoms. The van der Waals surface area contributed by atoms with Crippen molar-refractivity contribution in [1.29, 1.82) is 0 Å². The molecule has 1 fully saturated rings.